The minimum Gasteiger partial charge on any atom is -0.456 e. The topological polar surface area (TPSA) is 16.4 Å². The molecule has 0 N–H and O–H groups in total. The van der Waals surface area contributed by atoms with Crippen LogP contribution in [-0.4, -0.2) is 0 Å². The Bertz CT molecular complexity index is 3200. The number of hydrogen-bond acceptors (Lipinski definition) is 2. The number of benzene rings is 10. The van der Waals surface area contributed by atoms with Gasteiger partial charge >= 0.3 is 0 Å². The minimum atomic E-state index is 0.907. The van der Waals surface area contributed by atoms with Crippen LogP contribution in [0.3, 0.4) is 0 Å². The van der Waals surface area contributed by atoms with Gasteiger partial charge < -0.3 is 9.32 Å². The molecule has 0 saturated heterocycles. The van der Waals surface area contributed by atoms with E-state index in [0.29, 0.717) is 0 Å². The third-order valence-corrected chi connectivity index (χ3v) is 11.3. The number of nitrogens with zero attached hydrogens (tertiary/aromatic N) is 1. The average Bonchev–Trinajstić information content (AvgIpc) is 3.65. The molecule has 0 atom stereocenters. The second-order valence-corrected chi connectivity index (χ2v) is 14.5. The van der Waals surface area contributed by atoms with E-state index < -0.39 is 0 Å². The molecule has 0 aliphatic carbocycles. The van der Waals surface area contributed by atoms with Crippen molar-refractivity contribution in [3.63, 3.8) is 0 Å². The standard InChI is InChI=1S/C54H35NO/c1-2-12-38(13-3-1)43-14-8-10-20-52(43)55(42-30-24-37(25-31-42)40-27-33-54-51(35-40)49-19-9-11-21-53(49)56-54)41-28-22-36(23-29-41)39-26-32-48-46-17-5-4-15-44(46)45-16-6-7-18-47(45)50(48)34-39/h1-35H. The quantitative estimate of drug-likeness (QED) is 0.160. The van der Waals surface area contributed by atoms with Crippen molar-refractivity contribution in [3.05, 3.63) is 212 Å². The molecule has 11 rings (SSSR count). The van der Waals surface area contributed by atoms with Crippen molar-refractivity contribution < 1.29 is 4.42 Å². The van der Waals surface area contributed by atoms with Crippen LogP contribution in [0.1, 0.15) is 0 Å². The molecule has 11 aromatic rings. The highest BCUT2D eigenvalue weighted by molar-refractivity contribution is 6.25. The molecular weight excluding hydrogens is 679 g/mol. The van der Waals surface area contributed by atoms with Crippen LogP contribution in [0.5, 0.6) is 0 Å². The molecule has 0 aliphatic rings. The van der Waals surface area contributed by atoms with Gasteiger partial charge in [-0.25, -0.2) is 0 Å². The first-order valence-corrected chi connectivity index (χ1v) is 19.2. The van der Waals surface area contributed by atoms with Crippen molar-refractivity contribution >= 4 is 71.3 Å². The van der Waals surface area contributed by atoms with Gasteiger partial charge in [0.05, 0.1) is 5.69 Å². The highest BCUT2D eigenvalue weighted by atomic mass is 16.3. The zero-order valence-electron chi connectivity index (χ0n) is 30.6. The van der Waals surface area contributed by atoms with Gasteiger partial charge in [-0.1, -0.05) is 158 Å². The SMILES string of the molecule is c1ccc(-c2ccccc2N(c2ccc(-c3ccc4oc5ccccc5c4c3)cc2)c2ccc(-c3ccc4c5ccccc5c5ccccc5c4c3)cc2)cc1. The highest BCUT2D eigenvalue weighted by Gasteiger charge is 2.18. The van der Waals surface area contributed by atoms with Gasteiger partial charge in [0.1, 0.15) is 11.2 Å². The maximum Gasteiger partial charge on any atom is 0.135 e. The molecule has 1 heterocycles. The van der Waals surface area contributed by atoms with Gasteiger partial charge in [-0.2, -0.15) is 0 Å². The molecule has 2 heteroatoms. The molecule has 0 radical (unpaired) electrons. The van der Waals surface area contributed by atoms with E-state index in [1.165, 1.54) is 54.6 Å². The van der Waals surface area contributed by atoms with E-state index in [-0.39, 0.29) is 0 Å². The fraction of sp³-hybridized carbons (Fsp3) is 0. The van der Waals surface area contributed by atoms with Crippen molar-refractivity contribution in [2.75, 3.05) is 4.90 Å². The Balaban J connectivity index is 1.01. The average molecular weight is 714 g/mol. The second kappa shape index (κ2) is 13.2. The summed E-state index contributed by atoms with van der Waals surface area (Å²) in [4.78, 5) is 2.38. The van der Waals surface area contributed by atoms with Gasteiger partial charge in [-0.3, -0.25) is 0 Å². The summed E-state index contributed by atoms with van der Waals surface area (Å²) in [5.74, 6) is 0. The van der Waals surface area contributed by atoms with Gasteiger partial charge in [-0.15, -0.1) is 0 Å². The molecule has 0 aliphatic heterocycles. The van der Waals surface area contributed by atoms with Gasteiger partial charge in [0.25, 0.3) is 0 Å². The third kappa shape index (κ3) is 5.34. The monoisotopic (exact) mass is 713 g/mol. The lowest BCUT2D eigenvalue weighted by Crippen LogP contribution is -2.11. The Morgan fingerprint density at radius 2 is 0.714 bits per heavy atom. The maximum atomic E-state index is 6.12. The molecule has 0 bridgehead atoms. The second-order valence-electron chi connectivity index (χ2n) is 14.5. The first-order chi connectivity index (χ1) is 27.8. The van der Waals surface area contributed by atoms with Crippen LogP contribution in [-0.2, 0) is 0 Å². The van der Waals surface area contributed by atoms with Crippen molar-refractivity contribution in [1.82, 2.24) is 0 Å². The predicted octanol–water partition coefficient (Wildman–Crippen LogP) is 15.5. The summed E-state index contributed by atoms with van der Waals surface area (Å²) in [7, 11) is 0. The molecule has 0 spiro atoms. The van der Waals surface area contributed by atoms with Crippen molar-refractivity contribution in [2.24, 2.45) is 0 Å². The normalized spacial score (nSPS) is 11.6. The van der Waals surface area contributed by atoms with Gasteiger partial charge in [0, 0.05) is 27.7 Å². The van der Waals surface area contributed by atoms with Gasteiger partial charge in [0.15, 0.2) is 0 Å². The molecule has 0 unspecified atom stereocenters. The zero-order chi connectivity index (χ0) is 37.0. The van der Waals surface area contributed by atoms with E-state index >= 15 is 0 Å². The number of para-hydroxylation sites is 2. The molecular formula is C54H35NO. The van der Waals surface area contributed by atoms with E-state index in [4.69, 9.17) is 4.42 Å². The summed E-state index contributed by atoms with van der Waals surface area (Å²) < 4.78 is 6.12. The zero-order valence-corrected chi connectivity index (χ0v) is 30.6. The molecule has 0 saturated carbocycles. The van der Waals surface area contributed by atoms with Gasteiger partial charge in [-0.05, 0) is 115 Å². The Labute approximate surface area is 325 Å². The lowest BCUT2D eigenvalue weighted by atomic mass is 9.92. The highest BCUT2D eigenvalue weighted by Crippen LogP contribution is 2.43. The van der Waals surface area contributed by atoms with Crippen LogP contribution in [0.4, 0.5) is 17.1 Å². The summed E-state index contributed by atoms with van der Waals surface area (Å²) in [5, 5.41) is 9.99. The summed E-state index contributed by atoms with van der Waals surface area (Å²) in [5.41, 5.74) is 12.2. The maximum absolute atomic E-state index is 6.12. The molecule has 56 heavy (non-hydrogen) atoms. The largest absolute Gasteiger partial charge is 0.456 e. The lowest BCUT2D eigenvalue weighted by Gasteiger charge is -2.28. The van der Waals surface area contributed by atoms with E-state index in [1.807, 2.05) is 12.1 Å². The molecule has 1 aromatic heterocycles. The van der Waals surface area contributed by atoms with Crippen molar-refractivity contribution in [1.29, 1.82) is 0 Å². The first-order valence-electron chi connectivity index (χ1n) is 19.2. The number of furan rings is 1. The number of anilines is 3. The van der Waals surface area contributed by atoms with Crippen LogP contribution in [0, 0.1) is 0 Å². The van der Waals surface area contributed by atoms with Crippen molar-refractivity contribution in [3.8, 4) is 33.4 Å². The Morgan fingerprint density at radius 3 is 1.36 bits per heavy atom. The van der Waals surface area contributed by atoms with Crippen LogP contribution in [0.2, 0.25) is 0 Å². The van der Waals surface area contributed by atoms with Crippen LogP contribution < -0.4 is 4.90 Å². The molecule has 262 valence electrons. The molecule has 0 amide bonds. The number of fused-ring (bicyclic) bond motifs is 9. The predicted molar refractivity (Wildman–Crippen MR) is 237 cm³/mol. The van der Waals surface area contributed by atoms with E-state index in [9.17, 15) is 0 Å². The molecule has 2 nitrogen and oxygen atoms in total. The Morgan fingerprint density at radius 1 is 0.268 bits per heavy atom. The summed E-state index contributed by atoms with van der Waals surface area (Å²) in [6.45, 7) is 0. The minimum absolute atomic E-state index is 0.907. The van der Waals surface area contributed by atoms with Crippen LogP contribution in [0.25, 0.3) is 87.6 Å². The van der Waals surface area contributed by atoms with E-state index in [1.54, 1.807) is 0 Å². The van der Waals surface area contributed by atoms with Crippen LogP contribution >= 0.6 is 0 Å². The van der Waals surface area contributed by atoms with Gasteiger partial charge in [0.2, 0.25) is 0 Å². The fourth-order valence-corrected chi connectivity index (χ4v) is 8.56. The molecule has 0 fully saturated rings. The Kier molecular flexibility index (Phi) is 7.53. The summed E-state index contributed by atoms with van der Waals surface area (Å²) in [6.07, 6.45) is 0. The Hall–Kier alpha value is -7.42. The lowest BCUT2D eigenvalue weighted by molar-refractivity contribution is 0.669. The van der Waals surface area contributed by atoms with E-state index in [2.05, 4.69) is 205 Å². The summed E-state index contributed by atoms with van der Waals surface area (Å²) >= 11 is 0. The van der Waals surface area contributed by atoms with Crippen LogP contribution in [0.15, 0.2) is 217 Å². The number of hydrogen-bond donors (Lipinski definition) is 0. The van der Waals surface area contributed by atoms with Crippen molar-refractivity contribution in [2.45, 2.75) is 0 Å². The molecule has 10 aromatic carbocycles. The fourth-order valence-electron chi connectivity index (χ4n) is 8.56. The number of rotatable bonds is 6. The third-order valence-electron chi connectivity index (χ3n) is 11.3. The smallest absolute Gasteiger partial charge is 0.135 e. The summed E-state index contributed by atoms with van der Waals surface area (Å²) in [6, 6.07) is 76.5. The first kappa shape index (κ1) is 32.0. The van der Waals surface area contributed by atoms with E-state index in [0.717, 1.165) is 50.1 Å².